The van der Waals surface area contributed by atoms with Crippen molar-refractivity contribution in [3.8, 4) is 67.5 Å². The Hall–Kier alpha value is -6.78. The summed E-state index contributed by atoms with van der Waals surface area (Å²) in [6, 6.07) is 61.1. The van der Waals surface area contributed by atoms with E-state index in [2.05, 4.69) is 114 Å². The molecule has 234 valence electrons. The zero-order valence-electron chi connectivity index (χ0n) is 27.1. The van der Waals surface area contributed by atoms with Gasteiger partial charge in [-0.15, -0.1) is 0 Å². The molecular weight excluding hydrogens is 609 g/mol. The van der Waals surface area contributed by atoms with Crippen molar-refractivity contribution in [2.45, 2.75) is 0 Å². The van der Waals surface area contributed by atoms with Crippen molar-refractivity contribution in [2.75, 3.05) is 0 Å². The Kier molecular flexibility index (Phi) is 7.45. The summed E-state index contributed by atoms with van der Waals surface area (Å²) in [5, 5.41) is 3.54. The average molecular weight is 639 g/mol. The summed E-state index contributed by atoms with van der Waals surface area (Å²) in [4.78, 5) is 19.4. The lowest BCUT2D eigenvalue weighted by Gasteiger charge is -2.14. The quantitative estimate of drug-likeness (QED) is 0.182. The highest BCUT2D eigenvalue weighted by Gasteiger charge is 2.15. The van der Waals surface area contributed by atoms with E-state index in [1.165, 1.54) is 33.0 Å². The molecule has 9 rings (SSSR count). The molecule has 0 saturated heterocycles. The number of hydrogen-bond acceptors (Lipinski definition) is 4. The minimum Gasteiger partial charge on any atom is -0.256 e. The Morgan fingerprint density at radius 1 is 0.280 bits per heavy atom. The Morgan fingerprint density at radius 2 is 0.680 bits per heavy atom. The third-order valence-electron chi connectivity index (χ3n) is 9.19. The molecule has 9 aromatic rings. The van der Waals surface area contributed by atoms with Gasteiger partial charge in [-0.3, -0.25) is 4.98 Å². The molecule has 7 aromatic carbocycles. The summed E-state index contributed by atoms with van der Waals surface area (Å²) in [5.74, 6) is 1.94. The minimum atomic E-state index is 0.640. The largest absolute Gasteiger partial charge is 0.256 e. The van der Waals surface area contributed by atoms with Gasteiger partial charge in [0.25, 0.3) is 0 Å². The van der Waals surface area contributed by atoms with Gasteiger partial charge in [0.1, 0.15) is 0 Å². The van der Waals surface area contributed by atoms with Crippen molar-refractivity contribution in [1.29, 1.82) is 0 Å². The number of pyridine rings is 1. The zero-order chi connectivity index (χ0) is 33.3. The van der Waals surface area contributed by atoms with Crippen LogP contribution in [0.2, 0.25) is 0 Å². The fourth-order valence-electron chi connectivity index (χ4n) is 6.77. The molecule has 0 atom stereocenters. The number of nitrogens with zero attached hydrogens (tertiary/aromatic N) is 4. The van der Waals surface area contributed by atoms with Crippen molar-refractivity contribution < 1.29 is 0 Å². The number of hydrogen-bond donors (Lipinski definition) is 0. The molecule has 50 heavy (non-hydrogen) atoms. The van der Waals surface area contributed by atoms with Crippen molar-refractivity contribution >= 4 is 21.7 Å². The maximum atomic E-state index is 4.98. The van der Waals surface area contributed by atoms with Crippen LogP contribution in [0.3, 0.4) is 0 Å². The molecule has 0 aliphatic heterocycles. The maximum Gasteiger partial charge on any atom is 0.164 e. The fourth-order valence-corrected chi connectivity index (χ4v) is 6.77. The van der Waals surface area contributed by atoms with Crippen molar-refractivity contribution in [3.05, 3.63) is 182 Å². The van der Waals surface area contributed by atoms with E-state index in [-0.39, 0.29) is 0 Å². The predicted octanol–water partition coefficient (Wildman–Crippen LogP) is 11.6. The SMILES string of the molecule is c1ccc(-c2nc(-c3ccccc3)nc(-c3cccc(-c4ccc(-c5cccc(-c6ccnc7ccccc67)c5)c5ccccc45)c3)n2)cc1. The molecule has 0 aliphatic rings. The lowest BCUT2D eigenvalue weighted by atomic mass is 9.90. The van der Waals surface area contributed by atoms with Gasteiger partial charge < -0.3 is 0 Å². The van der Waals surface area contributed by atoms with E-state index in [0.29, 0.717) is 17.5 Å². The molecule has 0 fully saturated rings. The fraction of sp³-hybridized carbons (Fsp3) is 0. The topological polar surface area (TPSA) is 51.6 Å². The van der Waals surface area contributed by atoms with E-state index in [0.717, 1.165) is 38.7 Å². The summed E-state index contributed by atoms with van der Waals surface area (Å²) in [5.41, 5.74) is 10.8. The van der Waals surface area contributed by atoms with E-state index >= 15 is 0 Å². The zero-order valence-corrected chi connectivity index (χ0v) is 27.1. The summed E-state index contributed by atoms with van der Waals surface area (Å²) in [6.07, 6.45) is 1.89. The van der Waals surface area contributed by atoms with E-state index in [1.54, 1.807) is 0 Å². The highest BCUT2D eigenvalue weighted by atomic mass is 15.0. The molecule has 2 heterocycles. The van der Waals surface area contributed by atoms with Crippen LogP contribution in [-0.2, 0) is 0 Å². The van der Waals surface area contributed by atoms with Gasteiger partial charge in [-0.25, -0.2) is 15.0 Å². The molecule has 0 amide bonds. The normalized spacial score (nSPS) is 11.2. The monoisotopic (exact) mass is 638 g/mol. The number of aromatic nitrogens is 4. The molecule has 0 radical (unpaired) electrons. The highest BCUT2D eigenvalue weighted by molar-refractivity contribution is 6.06. The Balaban J connectivity index is 1.14. The third-order valence-corrected chi connectivity index (χ3v) is 9.19. The first-order chi connectivity index (χ1) is 24.8. The Morgan fingerprint density at radius 3 is 1.24 bits per heavy atom. The molecule has 0 spiro atoms. The van der Waals surface area contributed by atoms with Crippen molar-refractivity contribution in [1.82, 2.24) is 19.9 Å². The minimum absolute atomic E-state index is 0.640. The lowest BCUT2D eigenvalue weighted by molar-refractivity contribution is 1.07. The Bertz CT molecular complexity index is 2590. The van der Waals surface area contributed by atoms with E-state index in [1.807, 2.05) is 72.9 Å². The van der Waals surface area contributed by atoms with Crippen LogP contribution >= 0.6 is 0 Å². The summed E-state index contributed by atoms with van der Waals surface area (Å²) < 4.78 is 0. The standard InChI is InChI=1S/C46H30N4/c1-3-13-31(14-4-1)44-48-45(32-15-5-2-6-16-32)50-46(49-44)36-20-12-19-35(30-36)38-26-25-37(40-21-7-8-22-41(38)40)33-17-11-18-34(29-33)39-27-28-47-43-24-10-9-23-42(39)43/h1-30H. The van der Waals surface area contributed by atoms with Crippen molar-refractivity contribution in [3.63, 3.8) is 0 Å². The molecule has 0 N–H and O–H groups in total. The van der Waals surface area contributed by atoms with Crippen LogP contribution in [0.25, 0.3) is 89.2 Å². The van der Waals surface area contributed by atoms with Gasteiger partial charge in [-0.05, 0) is 68.4 Å². The van der Waals surface area contributed by atoms with E-state index in [4.69, 9.17) is 15.0 Å². The molecule has 0 aliphatic carbocycles. The van der Waals surface area contributed by atoms with Gasteiger partial charge in [-0.1, -0.05) is 152 Å². The molecule has 2 aromatic heterocycles. The Labute approximate surface area is 290 Å². The second kappa shape index (κ2) is 12.7. The van der Waals surface area contributed by atoms with Crippen LogP contribution < -0.4 is 0 Å². The summed E-state index contributed by atoms with van der Waals surface area (Å²) in [7, 11) is 0. The smallest absolute Gasteiger partial charge is 0.164 e. The predicted molar refractivity (Wildman–Crippen MR) is 205 cm³/mol. The van der Waals surface area contributed by atoms with Gasteiger partial charge in [0.2, 0.25) is 0 Å². The first-order valence-electron chi connectivity index (χ1n) is 16.7. The second-order valence-corrected chi connectivity index (χ2v) is 12.3. The van der Waals surface area contributed by atoms with Gasteiger partial charge in [0.05, 0.1) is 5.52 Å². The van der Waals surface area contributed by atoms with Gasteiger partial charge in [0, 0.05) is 28.3 Å². The average Bonchev–Trinajstić information content (AvgIpc) is 3.21. The van der Waals surface area contributed by atoms with Crippen LogP contribution in [-0.4, -0.2) is 19.9 Å². The first-order valence-corrected chi connectivity index (χ1v) is 16.7. The van der Waals surface area contributed by atoms with Gasteiger partial charge in [-0.2, -0.15) is 0 Å². The molecular formula is C46H30N4. The summed E-state index contributed by atoms with van der Waals surface area (Å²) >= 11 is 0. The first kappa shape index (κ1) is 29.4. The number of para-hydroxylation sites is 1. The molecule has 0 bridgehead atoms. The van der Waals surface area contributed by atoms with Crippen LogP contribution in [0.15, 0.2) is 182 Å². The molecule has 0 saturated carbocycles. The third kappa shape index (κ3) is 5.49. The van der Waals surface area contributed by atoms with Crippen LogP contribution in [0.4, 0.5) is 0 Å². The lowest BCUT2D eigenvalue weighted by Crippen LogP contribution is -2.00. The second-order valence-electron chi connectivity index (χ2n) is 12.3. The number of rotatable bonds is 6. The van der Waals surface area contributed by atoms with Crippen LogP contribution in [0.1, 0.15) is 0 Å². The van der Waals surface area contributed by atoms with Gasteiger partial charge >= 0.3 is 0 Å². The van der Waals surface area contributed by atoms with E-state index in [9.17, 15) is 0 Å². The highest BCUT2D eigenvalue weighted by Crippen LogP contribution is 2.38. The van der Waals surface area contributed by atoms with Crippen LogP contribution in [0.5, 0.6) is 0 Å². The molecule has 4 heteroatoms. The molecule has 4 nitrogen and oxygen atoms in total. The van der Waals surface area contributed by atoms with Crippen LogP contribution in [0, 0.1) is 0 Å². The number of fused-ring (bicyclic) bond motifs is 2. The van der Waals surface area contributed by atoms with Gasteiger partial charge in [0.15, 0.2) is 17.5 Å². The number of benzene rings is 7. The molecule has 0 unspecified atom stereocenters. The maximum absolute atomic E-state index is 4.98. The van der Waals surface area contributed by atoms with E-state index < -0.39 is 0 Å². The van der Waals surface area contributed by atoms with Crippen molar-refractivity contribution in [2.24, 2.45) is 0 Å². The summed E-state index contributed by atoms with van der Waals surface area (Å²) in [6.45, 7) is 0.